The SMILES string of the molecule is COc1cc(OC)cc(C(=O)N2CCN(c3noc(-c4ccccc4)n3)CC2)c1. The van der Waals surface area contributed by atoms with Crippen LogP contribution in [0, 0.1) is 0 Å². The Morgan fingerprint density at radius 3 is 2.24 bits per heavy atom. The maximum absolute atomic E-state index is 12.9. The third-order valence-electron chi connectivity index (χ3n) is 4.88. The first kappa shape index (κ1) is 18.8. The standard InChI is InChI=1S/C21H22N4O4/c1-27-17-12-16(13-18(14-17)28-2)20(26)24-8-10-25(11-9-24)21-22-19(29-23-21)15-6-4-3-5-7-15/h3-7,12-14H,8-11H2,1-2H3. The van der Waals surface area contributed by atoms with Crippen molar-refractivity contribution in [3.8, 4) is 23.0 Å². The molecule has 0 N–H and O–H groups in total. The van der Waals surface area contributed by atoms with Gasteiger partial charge in [0, 0.05) is 43.4 Å². The van der Waals surface area contributed by atoms with E-state index in [1.54, 1.807) is 32.4 Å². The molecule has 0 aliphatic carbocycles. The number of ether oxygens (including phenoxy) is 2. The van der Waals surface area contributed by atoms with E-state index in [2.05, 4.69) is 10.1 Å². The number of piperazine rings is 1. The summed E-state index contributed by atoms with van der Waals surface area (Å²) in [7, 11) is 3.13. The van der Waals surface area contributed by atoms with E-state index < -0.39 is 0 Å². The van der Waals surface area contributed by atoms with Gasteiger partial charge in [-0.2, -0.15) is 4.98 Å². The van der Waals surface area contributed by atoms with Crippen LogP contribution in [0.15, 0.2) is 53.1 Å². The number of aromatic nitrogens is 2. The number of benzene rings is 2. The van der Waals surface area contributed by atoms with Crippen LogP contribution in [0.25, 0.3) is 11.5 Å². The smallest absolute Gasteiger partial charge is 0.266 e. The Bertz CT molecular complexity index is 959. The van der Waals surface area contributed by atoms with E-state index in [9.17, 15) is 4.79 Å². The van der Waals surface area contributed by atoms with Crippen LogP contribution in [0.2, 0.25) is 0 Å². The molecule has 1 fully saturated rings. The summed E-state index contributed by atoms with van der Waals surface area (Å²) in [5, 5.41) is 4.09. The number of nitrogens with zero attached hydrogens (tertiary/aromatic N) is 4. The highest BCUT2D eigenvalue weighted by Crippen LogP contribution is 2.25. The summed E-state index contributed by atoms with van der Waals surface area (Å²) in [5.74, 6) is 2.15. The molecule has 3 aromatic rings. The number of carbonyl (C=O) groups is 1. The van der Waals surface area contributed by atoms with Crippen molar-refractivity contribution in [2.24, 2.45) is 0 Å². The van der Waals surface area contributed by atoms with Gasteiger partial charge in [0.05, 0.1) is 14.2 Å². The van der Waals surface area contributed by atoms with Crippen LogP contribution in [-0.2, 0) is 0 Å². The predicted octanol–water partition coefficient (Wildman–Crippen LogP) is 2.72. The lowest BCUT2D eigenvalue weighted by molar-refractivity contribution is 0.0745. The minimum atomic E-state index is -0.0556. The predicted molar refractivity (Wildman–Crippen MR) is 107 cm³/mol. The number of hydrogen-bond acceptors (Lipinski definition) is 7. The van der Waals surface area contributed by atoms with Crippen LogP contribution in [-0.4, -0.2) is 61.3 Å². The third kappa shape index (κ3) is 4.01. The molecule has 0 saturated carbocycles. The molecule has 0 atom stereocenters. The van der Waals surface area contributed by atoms with Crippen molar-refractivity contribution < 1.29 is 18.8 Å². The highest BCUT2D eigenvalue weighted by atomic mass is 16.5. The molecule has 2 aromatic carbocycles. The van der Waals surface area contributed by atoms with Gasteiger partial charge < -0.3 is 23.8 Å². The molecule has 4 rings (SSSR count). The average molecular weight is 394 g/mol. The first-order valence-corrected chi connectivity index (χ1v) is 9.34. The number of anilines is 1. The fourth-order valence-electron chi connectivity index (χ4n) is 3.27. The van der Waals surface area contributed by atoms with E-state index in [-0.39, 0.29) is 5.91 Å². The van der Waals surface area contributed by atoms with E-state index in [0.717, 1.165) is 5.56 Å². The van der Waals surface area contributed by atoms with E-state index in [4.69, 9.17) is 14.0 Å². The van der Waals surface area contributed by atoms with Crippen molar-refractivity contribution in [2.75, 3.05) is 45.3 Å². The second-order valence-corrected chi connectivity index (χ2v) is 6.65. The average Bonchev–Trinajstić information content (AvgIpc) is 3.29. The zero-order valence-corrected chi connectivity index (χ0v) is 16.4. The largest absolute Gasteiger partial charge is 0.497 e. The lowest BCUT2D eigenvalue weighted by atomic mass is 10.1. The minimum Gasteiger partial charge on any atom is -0.497 e. The number of methoxy groups -OCH3 is 2. The maximum atomic E-state index is 12.9. The van der Waals surface area contributed by atoms with E-state index in [1.165, 1.54) is 0 Å². The van der Waals surface area contributed by atoms with Crippen molar-refractivity contribution in [3.05, 3.63) is 54.1 Å². The molecule has 0 bridgehead atoms. The molecule has 150 valence electrons. The number of amides is 1. The summed E-state index contributed by atoms with van der Waals surface area (Å²) in [4.78, 5) is 21.2. The Labute approximate surface area is 168 Å². The minimum absolute atomic E-state index is 0.0556. The lowest BCUT2D eigenvalue weighted by Gasteiger charge is -2.34. The van der Waals surface area contributed by atoms with Gasteiger partial charge in [0.2, 0.25) is 0 Å². The molecule has 8 heteroatoms. The monoisotopic (exact) mass is 394 g/mol. The molecule has 2 heterocycles. The molecule has 0 radical (unpaired) electrons. The Balaban J connectivity index is 1.42. The first-order chi connectivity index (χ1) is 14.2. The Hall–Kier alpha value is -3.55. The van der Waals surface area contributed by atoms with Crippen LogP contribution >= 0.6 is 0 Å². The van der Waals surface area contributed by atoms with Crippen molar-refractivity contribution in [1.29, 1.82) is 0 Å². The number of hydrogen-bond donors (Lipinski definition) is 0. The lowest BCUT2D eigenvalue weighted by Crippen LogP contribution is -2.49. The molecule has 1 aliphatic rings. The third-order valence-corrected chi connectivity index (χ3v) is 4.88. The van der Waals surface area contributed by atoms with Crippen LogP contribution < -0.4 is 14.4 Å². The molecule has 0 spiro atoms. The fraction of sp³-hybridized carbons (Fsp3) is 0.286. The molecular formula is C21H22N4O4. The summed E-state index contributed by atoms with van der Waals surface area (Å²) in [6.07, 6.45) is 0. The quantitative estimate of drug-likeness (QED) is 0.658. The Morgan fingerprint density at radius 2 is 1.62 bits per heavy atom. The van der Waals surface area contributed by atoms with Crippen molar-refractivity contribution >= 4 is 11.9 Å². The Kier molecular flexibility index (Phi) is 5.33. The number of carbonyl (C=O) groups excluding carboxylic acids is 1. The van der Waals surface area contributed by atoms with Gasteiger partial charge in [0.25, 0.3) is 17.7 Å². The molecule has 1 amide bonds. The van der Waals surface area contributed by atoms with E-state index in [0.29, 0.717) is 55.1 Å². The van der Waals surface area contributed by atoms with Crippen LogP contribution in [0.1, 0.15) is 10.4 Å². The van der Waals surface area contributed by atoms with Gasteiger partial charge in [0.1, 0.15) is 11.5 Å². The molecule has 1 aromatic heterocycles. The summed E-state index contributed by atoms with van der Waals surface area (Å²) >= 11 is 0. The van der Waals surface area contributed by atoms with Gasteiger partial charge >= 0.3 is 0 Å². The zero-order chi connectivity index (χ0) is 20.2. The Morgan fingerprint density at radius 1 is 0.966 bits per heavy atom. The molecular weight excluding hydrogens is 372 g/mol. The summed E-state index contributed by atoms with van der Waals surface area (Å²) < 4.78 is 15.9. The van der Waals surface area contributed by atoms with Crippen LogP contribution in [0.4, 0.5) is 5.95 Å². The topological polar surface area (TPSA) is 80.9 Å². The summed E-state index contributed by atoms with van der Waals surface area (Å²) in [6.45, 7) is 2.38. The van der Waals surface area contributed by atoms with Crippen molar-refractivity contribution in [1.82, 2.24) is 15.0 Å². The molecule has 8 nitrogen and oxygen atoms in total. The number of rotatable bonds is 5. The highest BCUT2D eigenvalue weighted by Gasteiger charge is 2.25. The highest BCUT2D eigenvalue weighted by molar-refractivity contribution is 5.95. The first-order valence-electron chi connectivity index (χ1n) is 9.34. The second-order valence-electron chi connectivity index (χ2n) is 6.65. The molecule has 29 heavy (non-hydrogen) atoms. The van der Waals surface area contributed by atoms with Gasteiger partial charge in [-0.3, -0.25) is 4.79 Å². The zero-order valence-electron chi connectivity index (χ0n) is 16.4. The molecule has 1 saturated heterocycles. The summed E-state index contributed by atoms with van der Waals surface area (Å²) in [5.41, 5.74) is 1.42. The van der Waals surface area contributed by atoms with E-state index >= 15 is 0 Å². The van der Waals surface area contributed by atoms with Gasteiger partial charge in [-0.15, -0.1) is 0 Å². The fourth-order valence-corrected chi connectivity index (χ4v) is 3.27. The second kappa shape index (κ2) is 8.22. The van der Waals surface area contributed by atoms with Gasteiger partial charge in [-0.1, -0.05) is 18.2 Å². The molecule has 1 aliphatic heterocycles. The van der Waals surface area contributed by atoms with Crippen LogP contribution in [0.3, 0.4) is 0 Å². The summed E-state index contributed by atoms with van der Waals surface area (Å²) in [6, 6.07) is 14.8. The normalized spacial score (nSPS) is 14.0. The van der Waals surface area contributed by atoms with Gasteiger partial charge in [-0.05, 0) is 29.4 Å². The maximum Gasteiger partial charge on any atom is 0.266 e. The van der Waals surface area contributed by atoms with Crippen molar-refractivity contribution in [2.45, 2.75) is 0 Å². The van der Waals surface area contributed by atoms with Gasteiger partial charge in [0.15, 0.2) is 0 Å². The van der Waals surface area contributed by atoms with Crippen LogP contribution in [0.5, 0.6) is 11.5 Å². The van der Waals surface area contributed by atoms with Crippen molar-refractivity contribution in [3.63, 3.8) is 0 Å². The van der Waals surface area contributed by atoms with Gasteiger partial charge in [-0.25, -0.2) is 0 Å². The molecule has 0 unspecified atom stereocenters. The van der Waals surface area contributed by atoms with E-state index in [1.807, 2.05) is 40.1 Å².